The van der Waals surface area contributed by atoms with Gasteiger partial charge in [-0.3, -0.25) is 5.43 Å². The van der Waals surface area contributed by atoms with Crippen LogP contribution < -0.4 is 5.43 Å². The highest BCUT2D eigenvalue weighted by Gasteiger charge is 2.09. The predicted molar refractivity (Wildman–Crippen MR) is 65.0 cm³/mol. The molecule has 0 bridgehead atoms. The van der Waals surface area contributed by atoms with Crippen molar-refractivity contribution in [1.29, 1.82) is 0 Å². The molecule has 0 heterocycles. The third-order valence-electron chi connectivity index (χ3n) is 1.65. The molecule has 0 atom stereocenters. The SMILES string of the molecule is CCOC(=O)/C(Cl)=N/Nc1ccc(F)c(Cl)c1. The van der Waals surface area contributed by atoms with Gasteiger partial charge in [-0.05, 0) is 25.1 Å². The van der Waals surface area contributed by atoms with Crippen molar-refractivity contribution in [2.75, 3.05) is 12.0 Å². The number of anilines is 1. The summed E-state index contributed by atoms with van der Waals surface area (Å²) in [5.74, 6) is -1.28. The van der Waals surface area contributed by atoms with Gasteiger partial charge in [0.25, 0.3) is 0 Å². The molecule has 0 aliphatic heterocycles. The van der Waals surface area contributed by atoms with Crippen LogP contribution in [0.2, 0.25) is 5.02 Å². The van der Waals surface area contributed by atoms with Gasteiger partial charge in [0.2, 0.25) is 5.17 Å². The Morgan fingerprint density at radius 2 is 2.29 bits per heavy atom. The van der Waals surface area contributed by atoms with Gasteiger partial charge in [0.05, 0.1) is 17.3 Å². The minimum atomic E-state index is -0.741. The Bertz CT molecular complexity index is 452. The number of carbonyl (C=O) groups is 1. The van der Waals surface area contributed by atoms with Gasteiger partial charge in [-0.1, -0.05) is 23.2 Å². The predicted octanol–water partition coefficient (Wildman–Crippen LogP) is 3.01. The number of nitrogens with zero attached hydrogens (tertiary/aromatic N) is 1. The van der Waals surface area contributed by atoms with Crippen LogP contribution in [0.25, 0.3) is 0 Å². The van der Waals surface area contributed by atoms with E-state index in [4.69, 9.17) is 23.2 Å². The Hall–Kier alpha value is -1.33. The van der Waals surface area contributed by atoms with Gasteiger partial charge >= 0.3 is 5.97 Å². The van der Waals surface area contributed by atoms with E-state index in [2.05, 4.69) is 15.3 Å². The van der Waals surface area contributed by atoms with Crippen molar-refractivity contribution in [3.05, 3.63) is 29.0 Å². The molecule has 0 fully saturated rings. The average Bonchev–Trinajstić information content (AvgIpc) is 2.30. The Balaban J connectivity index is 2.69. The van der Waals surface area contributed by atoms with Crippen LogP contribution in [0, 0.1) is 5.82 Å². The van der Waals surface area contributed by atoms with E-state index in [-0.39, 0.29) is 16.8 Å². The summed E-state index contributed by atoms with van der Waals surface area (Å²) in [5, 5.41) is 3.15. The molecule has 1 rings (SSSR count). The number of benzene rings is 1. The Labute approximate surface area is 107 Å². The third kappa shape index (κ3) is 4.20. The van der Waals surface area contributed by atoms with E-state index < -0.39 is 11.8 Å². The summed E-state index contributed by atoms with van der Waals surface area (Å²) in [6.07, 6.45) is 0. The van der Waals surface area contributed by atoms with Gasteiger partial charge in [-0.2, -0.15) is 5.10 Å². The maximum absolute atomic E-state index is 12.8. The molecule has 0 aliphatic rings. The number of rotatable bonds is 4. The van der Waals surface area contributed by atoms with E-state index in [9.17, 15) is 9.18 Å². The van der Waals surface area contributed by atoms with E-state index in [0.29, 0.717) is 5.69 Å². The van der Waals surface area contributed by atoms with Gasteiger partial charge in [0.15, 0.2) is 0 Å². The number of hydrogen-bond acceptors (Lipinski definition) is 4. The smallest absolute Gasteiger partial charge is 0.370 e. The zero-order chi connectivity index (χ0) is 12.8. The van der Waals surface area contributed by atoms with Crippen LogP contribution in [-0.4, -0.2) is 17.7 Å². The zero-order valence-electron chi connectivity index (χ0n) is 8.84. The lowest BCUT2D eigenvalue weighted by molar-refractivity contribution is -0.134. The lowest BCUT2D eigenvalue weighted by Crippen LogP contribution is -2.13. The maximum atomic E-state index is 12.8. The number of ether oxygens (including phenoxy) is 1. The second-order valence-corrected chi connectivity index (χ2v) is 3.63. The summed E-state index contributed by atoms with van der Waals surface area (Å²) in [4.78, 5) is 11.1. The standard InChI is InChI=1S/C10H9Cl2FN2O2/c1-2-17-10(16)9(12)15-14-6-3-4-8(13)7(11)5-6/h3-5,14H,2H2,1H3/b15-9-. The average molecular weight is 279 g/mol. The molecule has 0 unspecified atom stereocenters. The van der Waals surface area contributed by atoms with Crippen LogP contribution in [-0.2, 0) is 9.53 Å². The van der Waals surface area contributed by atoms with Crippen LogP contribution in [0.3, 0.4) is 0 Å². The number of hydrogen-bond donors (Lipinski definition) is 1. The van der Waals surface area contributed by atoms with Crippen LogP contribution in [0.5, 0.6) is 0 Å². The highest BCUT2D eigenvalue weighted by atomic mass is 35.5. The topological polar surface area (TPSA) is 50.7 Å². The largest absolute Gasteiger partial charge is 0.461 e. The summed E-state index contributed by atoms with van der Waals surface area (Å²) in [5.41, 5.74) is 2.86. The lowest BCUT2D eigenvalue weighted by Gasteiger charge is -2.02. The van der Waals surface area contributed by atoms with Gasteiger partial charge in [-0.15, -0.1) is 0 Å². The Morgan fingerprint density at radius 1 is 1.59 bits per heavy atom. The monoisotopic (exact) mass is 278 g/mol. The van der Waals surface area contributed by atoms with Crippen molar-refractivity contribution in [2.24, 2.45) is 5.10 Å². The highest BCUT2D eigenvalue weighted by molar-refractivity contribution is 6.82. The summed E-state index contributed by atoms with van der Waals surface area (Å²) >= 11 is 11.1. The van der Waals surface area contributed by atoms with E-state index >= 15 is 0 Å². The first kappa shape index (κ1) is 13.7. The van der Waals surface area contributed by atoms with Gasteiger partial charge in [-0.25, -0.2) is 9.18 Å². The first-order valence-corrected chi connectivity index (χ1v) is 5.41. The van der Waals surface area contributed by atoms with E-state index in [0.717, 1.165) is 0 Å². The van der Waals surface area contributed by atoms with Crippen molar-refractivity contribution < 1.29 is 13.9 Å². The lowest BCUT2D eigenvalue weighted by atomic mass is 10.3. The fourth-order valence-corrected chi connectivity index (χ4v) is 1.19. The molecule has 7 heteroatoms. The van der Waals surface area contributed by atoms with Crippen LogP contribution in [0.15, 0.2) is 23.3 Å². The minimum absolute atomic E-state index is 0.0579. The molecular formula is C10H9Cl2FN2O2. The quantitative estimate of drug-likeness (QED) is 0.523. The molecule has 0 spiro atoms. The number of nitrogens with one attached hydrogen (secondary N) is 1. The summed E-state index contributed by atoms with van der Waals surface area (Å²) in [7, 11) is 0. The fraction of sp³-hybridized carbons (Fsp3) is 0.200. The minimum Gasteiger partial charge on any atom is -0.461 e. The second-order valence-electron chi connectivity index (χ2n) is 2.86. The first-order valence-electron chi connectivity index (χ1n) is 4.66. The number of esters is 1. The van der Waals surface area contributed by atoms with Crippen molar-refractivity contribution in [3.63, 3.8) is 0 Å². The number of halogens is 3. The van der Waals surface area contributed by atoms with E-state index in [1.807, 2.05) is 0 Å². The van der Waals surface area contributed by atoms with Crippen LogP contribution in [0.1, 0.15) is 6.92 Å². The number of carbonyl (C=O) groups excluding carboxylic acids is 1. The van der Waals surface area contributed by atoms with E-state index in [1.54, 1.807) is 6.92 Å². The van der Waals surface area contributed by atoms with Gasteiger partial charge in [0.1, 0.15) is 5.82 Å². The van der Waals surface area contributed by atoms with Crippen molar-refractivity contribution in [3.8, 4) is 0 Å². The molecule has 1 N–H and O–H groups in total. The van der Waals surface area contributed by atoms with E-state index in [1.165, 1.54) is 18.2 Å². The van der Waals surface area contributed by atoms with Gasteiger partial charge < -0.3 is 4.74 Å². The molecule has 0 saturated heterocycles. The molecule has 1 aromatic carbocycles. The molecule has 17 heavy (non-hydrogen) atoms. The van der Waals surface area contributed by atoms with Crippen LogP contribution >= 0.6 is 23.2 Å². The number of hydrazone groups is 1. The molecular weight excluding hydrogens is 270 g/mol. The van der Waals surface area contributed by atoms with Crippen molar-refractivity contribution >= 4 is 40.0 Å². The maximum Gasteiger partial charge on any atom is 0.370 e. The molecule has 0 amide bonds. The Morgan fingerprint density at radius 3 is 2.88 bits per heavy atom. The zero-order valence-corrected chi connectivity index (χ0v) is 10.3. The molecule has 0 aliphatic carbocycles. The third-order valence-corrected chi connectivity index (χ3v) is 2.18. The molecule has 0 saturated carbocycles. The summed E-state index contributed by atoms with van der Waals surface area (Å²) in [6.45, 7) is 1.85. The normalized spacial score (nSPS) is 11.2. The van der Waals surface area contributed by atoms with Crippen molar-refractivity contribution in [1.82, 2.24) is 0 Å². The highest BCUT2D eigenvalue weighted by Crippen LogP contribution is 2.19. The molecule has 0 radical (unpaired) electrons. The fourth-order valence-electron chi connectivity index (χ4n) is 0.916. The van der Waals surface area contributed by atoms with Gasteiger partial charge in [0, 0.05) is 0 Å². The van der Waals surface area contributed by atoms with Crippen LogP contribution in [0.4, 0.5) is 10.1 Å². The molecule has 1 aromatic rings. The summed E-state index contributed by atoms with van der Waals surface area (Å²) in [6, 6.07) is 3.88. The van der Waals surface area contributed by atoms with Crippen molar-refractivity contribution in [2.45, 2.75) is 6.92 Å². The Kier molecular flexibility index (Phi) is 5.18. The second kappa shape index (κ2) is 6.42. The first-order chi connectivity index (χ1) is 8.04. The molecule has 4 nitrogen and oxygen atoms in total. The molecule has 92 valence electrons. The summed E-state index contributed by atoms with van der Waals surface area (Å²) < 4.78 is 17.4. The molecule has 0 aromatic heterocycles.